The van der Waals surface area contributed by atoms with Crippen LogP contribution in [0.5, 0.6) is 11.5 Å². The maximum Gasteiger partial charge on any atom is 0.357 e. The van der Waals surface area contributed by atoms with Crippen LogP contribution >= 0.6 is 11.3 Å². The fourth-order valence-electron chi connectivity index (χ4n) is 1.90. The number of hydrogen-bond donors (Lipinski definition) is 0. The summed E-state index contributed by atoms with van der Waals surface area (Å²) in [6.45, 7) is 0. The Hall–Kier alpha value is -2.45. The van der Waals surface area contributed by atoms with E-state index in [1.165, 1.54) is 48.9 Å². The summed E-state index contributed by atoms with van der Waals surface area (Å²) in [5.41, 5.74) is 0.632. The second-order valence-electron chi connectivity index (χ2n) is 4.71. The monoisotopic (exact) mass is 365 g/mol. The minimum absolute atomic E-state index is 0.159. The molecule has 8 heteroatoms. The van der Waals surface area contributed by atoms with Crippen molar-refractivity contribution >= 4 is 21.5 Å². The summed E-state index contributed by atoms with van der Waals surface area (Å²) in [6, 6.07) is 11.8. The molecule has 1 aromatic heterocycles. The van der Waals surface area contributed by atoms with Gasteiger partial charge in [-0.1, -0.05) is 0 Å². The largest absolute Gasteiger partial charge is 0.497 e. The van der Waals surface area contributed by atoms with Crippen molar-refractivity contribution in [3.05, 3.63) is 59.7 Å². The van der Waals surface area contributed by atoms with E-state index in [1.807, 2.05) is 0 Å². The molecule has 0 unspecified atom stereocenters. The summed E-state index contributed by atoms with van der Waals surface area (Å²) in [6.07, 6.45) is 0. The maximum absolute atomic E-state index is 13.0. The molecule has 5 nitrogen and oxygen atoms in total. The van der Waals surface area contributed by atoms with Crippen molar-refractivity contribution in [3.63, 3.8) is 0 Å². The first kappa shape index (κ1) is 16.4. The number of hydrogen-bond acceptors (Lipinski definition) is 6. The van der Waals surface area contributed by atoms with Crippen molar-refractivity contribution in [1.29, 1.82) is 0 Å². The zero-order valence-corrected chi connectivity index (χ0v) is 14.1. The highest BCUT2D eigenvalue weighted by Crippen LogP contribution is 2.27. The Kier molecular flexibility index (Phi) is 4.50. The predicted molar refractivity (Wildman–Crippen MR) is 88.3 cm³/mol. The number of thiazole rings is 1. The number of aromatic nitrogens is 1. The lowest BCUT2D eigenvalue weighted by Gasteiger charge is -2.05. The molecule has 0 saturated carbocycles. The fourth-order valence-corrected chi connectivity index (χ4v) is 3.91. The van der Waals surface area contributed by atoms with Crippen LogP contribution in [0.3, 0.4) is 0 Å². The highest BCUT2D eigenvalue weighted by atomic mass is 32.2. The number of nitrogens with zero attached hydrogens (tertiary/aromatic N) is 1. The van der Waals surface area contributed by atoms with Gasteiger partial charge in [-0.15, -0.1) is 11.3 Å². The first-order valence-electron chi connectivity index (χ1n) is 6.78. The average Bonchev–Trinajstić information content (AvgIpc) is 3.07. The molecule has 0 saturated heterocycles. The van der Waals surface area contributed by atoms with E-state index in [1.54, 1.807) is 12.1 Å². The minimum Gasteiger partial charge on any atom is -0.497 e. The molecule has 0 aliphatic heterocycles. The molecular formula is C16H12FNO4S2. The first-order valence-corrected chi connectivity index (χ1v) is 9.07. The predicted octanol–water partition coefficient (Wildman–Crippen LogP) is 3.73. The van der Waals surface area contributed by atoms with Crippen molar-refractivity contribution in [2.75, 3.05) is 7.11 Å². The summed E-state index contributed by atoms with van der Waals surface area (Å²) in [4.78, 5) is 4.07. The van der Waals surface area contributed by atoms with E-state index in [-0.39, 0.29) is 16.6 Å². The van der Waals surface area contributed by atoms with Crippen LogP contribution in [0.1, 0.15) is 0 Å². The normalized spacial score (nSPS) is 11.2. The summed E-state index contributed by atoms with van der Waals surface area (Å²) >= 11 is 1.14. The number of methoxy groups -OCH3 is 1. The van der Waals surface area contributed by atoms with Crippen LogP contribution in [-0.4, -0.2) is 20.5 Å². The van der Waals surface area contributed by atoms with Crippen molar-refractivity contribution in [2.45, 2.75) is 5.03 Å². The van der Waals surface area contributed by atoms with Crippen LogP contribution in [0.2, 0.25) is 0 Å². The van der Waals surface area contributed by atoms with Crippen LogP contribution in [0, 0.1) is 5.82 Å². The summed E-state index contributed by atoms with van der Waals surface area (Å²) < 4.78 is 47.6. The molecule has 0 amide bonds. The molecule has 0 fully saturated rings. The molecular weight excluding hydrogens is 353 g/mol. The van der Waals surface area contributed by atoms with Gasteiger partial charge in [0.1, 0.15) is 22.3 Å². The van der Waals surface area contributed by atoms with E-state index < -0.39 is 10.1 Å². The zero-order valence-electron chi connectivity index (χ0n) is 12.5. The SMILES string of the molecule is COc1ccc(OS(=O)(=O)c2csc(-c3ccc(F)cc3)n2)cc1. The smallest absolute Gasteiger partial charge is 0.357 e. The van der Waals surface area contributed by atoms with Gasteiger partial charge in [0.05, 0.1) is 7.11 Å². The van der Waals surface area contributed by atoms with E-state index in [2.05, 4.69) is 4.98 Å². The van der Waals surface area contributed by atoms with Crippen LogP contribution in [0.25, 0.3) is 10.6 Å². The third-order valence-corrected chi connectivity index (χ3v) is 5.27. The fraction of sp³-hybridized carbons (Fsp3) is 0.0625. The van der Waals surface area contributed by atoms with Crippen LogP contribution < -0.4 is 8.92 Å². The zero-order chi connectivity index (χ0) is 17.2. The second-order valence-corrected chi connectivity index (χ2v) is 7.06. The van der Waals surface area contributed by atoms with Gasteiger partial charge in [0.2, 0.25) is 5.03 Å². The Labute approximate surface area is 142 Å². The number of halogens is 1. The van der Waals surface area contributed by atoms with Crippen LogP contribution in [0.15, 0.2) is 58.9 Å². The van der Waals surface area contributed by atoms with Gasteiger partial charge in [-0.2, -0.15) is 8.42 Å². The standard InChI is InChI=1S/C16H12FNO4S2/c1-21-13-6-8-14(9-7-13)22-24(19,20)15-10-23-16(18-15)11-2-4-12(17)5-3-11/h2-10H,1H3. The molecule has 0 aliphatic rings. The molecule has 1 heterocycles. The lowest BCUT2D eigenvalue weighted by atomic mass is 10.2. The molecule has 3 rings (SSSR count). The first-order chi connectivity index (χ1) is 11.5. The van der Waals surface area contributed by atoms with Gasteiger partial charge in [0.25, 0.3) is 0 Å². The molecule has 0 bridgehead atoms. The Morgan fingerprint density at radius 2 is 1.62 bits per heavy atom. The number of benzene rings is 2. The quantitative estimate of drug-likeness (QED) is 0.645. The Morgan fingerprint density at radius 1 is 1.00 bits per heavy atom. The van der Waals surface area contributed by atoms with Crippen LogP contribution in [-0.2, 0) is 10.1 Å². The highest BCUT2D eigenvalue weighted by molar-refractivity contribution is 7.87. The van der Waals surface area contributed by atoms with E-state index >= 15 is 0 Å². The molecule has 3 aromatic rings. The highest BCUT2D eigenvalue weighted by Gasteiger charge is 2.21. The summed E-state index contributed by atoms with van der Waals surface area (Å²) in [7, 11) is -2.53. The van der Waals surface area contributed by atoms with Crippen molar-refractivity contribution in [3.8, 4) is 22.1 Å². The van der Waals surface area contributed by atoms with Crippen LogP contribution in [0.4, 0.5) is 4.39 Å². The van der Waals surface area contributed by atoms with Gasteiger partial charge in [-0.3, -0.25) is 0 Å². The second kappa shape index (κ2) is 6.58. The third kappa shape index (κ3) is 3.55. The maximum atomic E-state index is 13.0. The molecule has 0 radical (unpaired) electrons. The lowest BCUT2D eigenvalue weighted by Crippen LogP contribution is -2.10. The summed E-state index contributed by atoms with van der Waals surface area (Å²) in [5.74, 6) is 0.380. The average molecular weight is 365 g/mol. The lowest BCUT2D eigenvalue weighted by molar-refractivity contribution is 0.413. The Morgan fingerprint density at radius 3 is 2.25 bits per heavy atom. The molecule has 24 heavy (non-hydrogen) atoms. The van der Waals surface area contributed by atoms with Gasteiger partial charge in [-0.25, -0.2) is 9.37 Å². The Balaban J connectivity index is 1.83. The van der Waals surface area contributed by atoms with E-state index in [0.29, 0.717) is 16.3 Å². The molecule has 0 aliphatic carbocycles. The molecule has 0 atom stereocenters. The van der Waals surface area contributed by atoms with Gasteiger partial charge in [-0.05, 0) is 48.5 Å². The van der Waals surface area contributed by atoms with Crippen molar-refractivity contribution < 1.29 is 21.7 Å². The third-order valence-electron chi connectivity index (χ3n) is 3.10. The molecule has 2 aromatic carbocycles. The summed E-state index contributed by atoms with van der Waals surface area (Å²) in [5, 5.41) is 1.66. The molecule has 0 spiro atoms. The van der Waals surface area contributed by atoms with Gasteiger partial charge < -0.3 is 8.92 Å². The van der Waals surface area contributed by atoms with E-state index in [4.69, 9.17) is 8.92 Å². The Bertz CT molecular complexity index is 935. The van der Waals surface area contributed by atoms with Gasteiger partial charge >= 0.3 is 10.1 Å². The minimum atomic E-state index is -4.04. The van der Waals surface area contributed by atoms with E-state index in [0.717, 1.165) is 11.3 Å². The number of ether oxygens (including phenoxy) is 1. The topological polar surface area (TPSA) is 65.5 Å². The van der Waals surface area contributed by atoms with Gasteiger partial charge in [0.15, 0.2) is 0 Å². The van der Waals surface area contributed by atoms with Crippen molar-refractivity contribution in [2.24, 2.45) is 0 Å². The van der Waals surface area contributed by atoms with Crippen molar-refractivity contribution in [1.82, 2.24) is 4.98 Å². The number of rotatable bonds is 5. The van der Waals surface area contributed by atoms with Gasteiger partial charge in [0, 0.05) is 10.9 Å². The van der Waals surface area contributed by atoms with E-state index in [9.17, 15) is 12.8 Å². The molecule has 124 valence electrons. The molecule has 0 N–H and O–H groups in total.